The standard InChI is InChI=1S/C24H29BrO3/c1-2-3-4-5-8-13-27-16-21(26)17-28-24-22-10-7-6-9-18(22)14-19-11-12-20(25)15-23(19)24/h6-7,9-12,14-15,21,26H,2-5,8,13,16-17H2,1H3. The monoisotopic (exact) mass is 444 g/mol. The summed E-state index contributed by atoms with van der Waals surface area (Å²) < 4.78 is 12.7. The molecule has 3 nitrogen and oxygen atoms in total. The Bertz CT molecular complexity index is 894. The molecule has 1 atom stereocenters. The molecule has 0 aliphatic rings. The lowest BCUT2D eigenvalue weighted by Gasteiger charge is -2.16. The summed E-state index contributed by atoms with van der Waals surface area (Å²) in [5.41, 5.74) is 0. The van der Waals surface area contributed by atoms with Crippen LogP contribution in [-0.4, -0.2) is 31.0 Å². The first kappa shape index (κ1) is 21.1. The maximum Gasteiger partial charge on any atom is 0.135 e. The Hall–Kier alpha value is -1.62. The van der Waals surface area contributed by atoms with Crippen molar-refractivity contribution in [1.82, 2.24) is 0 Å². The maximum atomic E-state index is 10.3. The highest BCUT2D eigenvalue weighted by Gasteiger charge is 2.12. The number of hydrogen-bond acceptors (Lipinski definition) is 3. The topological polar surface area (TPSA) is 38.7 Å². The molecule has 3 rings (SSSR count). The first-order chi connectivity index (χ1) is 13.7. The molecule has 4 heteroatoms. The van der Waals surface area contributed by atoms with Gasteiger partial charge in [-0.2, -0.15) is 0 Å². The van der Waals surface area contributed by atoms with Crippen LogP contribution in [0.2, 0.25) is 0 Å². The molecule has 3 aromatic carbocycles. The summed E-state index contributed by atoms with van der Waals surface area (Å²) in [6.45, 7) is 3.43. The summed E-state index contributed by atoms with van der Waals surface area (Å²) in [7, 11) is 0. The fourth-order valence-electron chi connectivity index (χ4n) is 3.40. The molecule has 0 heterocycles. The number of aliphatic hydroxyl groups excluding tert-OH is 1. The van der Waals surface area contributed by atoms with E-state index in [2.05, 4.69) is 53.2 Å². The number of unbranched alkanes of at least 4 members (excludes halogenated alkanes) is 4. The van der Waals surface area contributed by atoms with Gasteiger partial charge in [-0.05, 0) is 35.4 Å². The van der Waals surface area contributed by atoms with Crippen molar-refractivity contribution in [3.63, 3.8) is 0 Å². The molecule has 1 unspecified atom stereocenters. The van der Waals surface area contributed by atoms with Crippen molar-refractivity contribution in [2.24, 2.45) is 0 Å². The van der Waals surface area contributed by atoms with Gasteiger partial charge in [-0.1, -0.05) is 78.9 Å². The van der Waals surface area contributed by atoms with Gasteiger partial charge in [0.15, 0.2) is 0 Å². The third-order valence-corrected chi connectivity index (χ3v) is 5.39. The predicted octanol–water partition coefficient (Wildman–Crippen LogP) is 6.48. The average molecular weight is 445 g/mol. The van der Waals surface area contributed by atoms with Crippen molar-refractivity contribution < 1.29 is 14.6 Å². The second-order valence-corrected chi connectivity index (χ2v) is 8.16. The van der Waals surface area contributed by atoms with Crippen LogP contribution in [0.1, 0.15) is 39.0 Å². The summed E-state index contributed by atoms with van der Waals surface area (Å²) in [4.78, 5) is 0. The quantitative estimate of drug-likeness (QED) is 0.271. The molecule has 0 aliphatic carbocycles. The molecule has 28 heavy (non-hydrogen) atoms. The summed E-state index contributed by atoms with van der Waals surface area (Å²) >= 11 is 3.55. The fourth-order valence-corrected chi connectivity index (χ4v) is 3.76. The van der Waals surface area contributed by atoms with Gasteiger partial charge in [-0.3, -0.25) is 0 Å². The van der Waals surface area contributed by atoms with E-state index >= 15 is 0 Å². The van der Waals surface area contributed by atoms with Crippen LogP contribution in [-0.2, 0) is 4.74 Å². The van der Waals surface area contributed by atoms with Crippen LogP contribution in [0.5, 0.6) is 5.75 Å². The zero-order valence-electron chi connectivity index (χ0n) is 16.5. The molecule has 0 saturated carbocycles. The Morgan fingerprint density at radius 2 is 1.68 bits per heavy atom. The van der Waals surface area contributed by atoms with E-state index in [0.29, 0.717) is 13.2 Å². The molecule has 150 valence electrons. The van der Waals surface area contributed by atoms with E-state index in [1.807, 2.05) is 18.2 Å². The van der Waals surface area contributed by atoms with Gasteiger partial charge in [0.25, 0.3) is 0 Å². The Morgan fingerprint density at radius 1 is 0.893 bits per heavy atom. The van der Waals surface area contributed by atoms with E-state index in [9.17, 15) is 5.11 Å². The maximum absolute atomic E-state index is 10.3. The number of rotatable bonds is 11. The molecule has 0 aliphatic heterocycles. The summed E-state index contributed by atoms with van der Waals surface area (Å²) in [6, 6.07) is 16.5. The van der Waals surface area contributed by atoms with Crippen molar-refractivity contribution in [1.29, 1.82) is 0 Å². The van der Waals surface area contributed by atoms with Gasteiger partial charge in [-0.15, -0.1) is 0 Å². The number of halogens is 1. The summed E-state index contributed by atoms with van der Waals surface area (Å²) in [6.07, 6.45) is 5.39. The molecule has 0 fully saturated rings. The normalized spacial score (nSPS) is 12.5. The van der Waals surface area contributed by atoms with E-state index in [1.54, 1.807) is 0 Å². The SMILES string of the molecule is CCCCCCCOCC(O)COc1c2ccccc2cc2ccc(Br)cc12. The largest absolute Gasteiger partial charge is 0.489 e. The lowest BCUT2D eigenvalue weighted by Crippen LogP contribution is -2.23. The molecular formula is C24H29BrO3. The smallest absolute Gasteiger partial charge is 0.135 e. The van der Waals surface area contributed by atoms with Crippen molar-refractivity contribution in [2.75, 3.05) is 19.8 Å². The molecule has 0 radical (unpaired) electrons. The number of benzene rings is 3. The van der Waals surface area contributed by atoms with Crippen LogP contribution < -0.4 is 4.74 Å². The highest BCUT2D eigenvalue weighted by Crippen LogP contribution is 2.36. The third kappa shape index (κ3) is 5.69. The molecule has 0 saturated heterocycles. The molecule has 0 bridgehead atoms. The number of aliphatic hydroxyl groups is 1. The number of fused-ring (bicyclic) bond motifs is 2. The lowest BCUT2D eigenvalue weighted by atomic mass is 10.0. The van der Waals surface area contributed by atoms with Crippen molar-refractivity contribution in [3.8, 4) is 5.75 Å². The van der Waals surface area contributed by atoms with E-state index in [1.165, 1.54) is 25.7 Å². The van der Waals surface area contributed by atoms with Crippen LogP contribution in [0.15, 0.2) is 53.0 Å². The van der Waals surface area contributed by atoms with Gasteiger partial charge in [-0.25, -0.2) is 0 Å². The van der Waals surface area contributed by atoms with Crippen LogP contribution in [0.3, 0.4) is 0 Å². The lowest BCUT2D eigenvalue weighted by molar-refractivity contribution is 0.0115. The molecule has 0 aromatic heterocycles. The van der Waals surface area contributed by atoms with Gasteiger partial charge < -0.3 is 14.6 Å². The van der Waals surface area contributed by atoms with Gasteiger partial charge in [0.1, 0.15) is 18.5 Å². The van der Waals surface area contributed by atoms with Crippen molar-refractivity contribution in [2.45, 2.75) is 45.1 Å². The average Bonchev–Trinajstić information content (AvgIpc) is 2.70. The van der Waals surface area contributed by atoms with Crippen LogP contribution in [0, 0.1) is 0 Å². The fraction of sp³-hybridized carbons (Fsp3) is 0.417. The van der Waals surface area contributed by atoms with Crippen molar-refractivity contribution in [3.05, 3.63) is 53.0 Å². The first-order valence-corrected chi connectivity index (χ1v) is 11.0. The summed E-state index contributed by atoms with van der Waals surface area (Å²) in [5, 5.41) is 14.6. The highest BCUT2D eigenvalue weighted by atomic mass is 79.9. The first-order valence-electron chi connectivity index (χ1n) is 10.2. The zero-order valence-corrected chi connectivity index (χ0v) is 18.1. The van der Waals surface area contributed by atoms with Gasteiger partial charge in [0.2, 0.25) is 0 Å². The minimum Gasteiger partial charge on any atom is -0.489 e. The zero-order chi connectivity index (χ0) is 19.8. The van der Waals surface area contributed by atoms with Crippen LogP contribution in [0.25, 0.3) is 21.5 Å². The highest BCUT2D eigenvalue weighted by molar-refractivity contribution is 9.10. The molecule has 0 amide bonds. The Kier molecular flexibility index (Phi) is 8.13. The Morgan fingerprint density at radius 3 is 2.54 bits per heavy atom. The van der Waals surface area contributed by atoms with Gasteiger partial charge >= 0.3 is 0 Å². The minimum atomic E-state index is -0.642. The second-order valence-electron chi connectivity index (χ2n) is 7.25. The van der Waals surface area contributed by atoms with Gasteiger partial charge in [0.05, 0.1) is 6.61 Å². The Labute approximate surface area is 175 Å². The van der Waals surface area contributed by atoms with Crippen LogP contribution >= 0.6 is 15.9 Å². The van der Waals surface area contributed by atoms with E-state index in [4.69, 9.17) is 9.47 Å². The molecule has 1 N–H and O–H groups in total. The second kappa shape index (κ2) is 10.8. The minimum absolute atomic E-state index is 0.214. The van der Waals surface area contributed by atoms with E-state index in [0.717, 1.165) is 38.2 Å². The number of ether oxygens (including phenoxy) is 2. The summed E-state index contributed by atoms with van der Waals surface area (Å²) in [5.74, 6) is 0.813. The van der Waals surface area contributed by atoms with Crippen molar-refractivity contribution >= 4 is 37.5 Å². The molecule has 3 aromatic rings. The van der Waals surface area contributed by atoms with Crippen LogP contribution in [0.4, 0.5) is 0 Å². The number of hydrogen-bond donors (Lipinski definition) is 1. The Balaban J connectivity index is 1.62. The van der Waals surface area contributed by atoms with E-state index < -0.39 is 6.10 Å². The molecular weight excluding hydrogens is 416 g/mol. The third-order valence-electron chi connectivity index (χ3n) is 4.90. The van der Waals surface area contributed by atoms with Gasteiger partial charge in [0, 0.05) is 21.9 Å². The predicted molar refractivity (Wildman–Crippen MR) is 120 cm³/mol. The molecule has 0 spiro atoms. The van der Waals surface area contributed by atoms with E-state index in [-0.39, 0.29) is 6.61 Å².